The van der Waals surface area contributed by atoms with Crippen LogP contribution in [0.4, 0.5) is 0 Å². The summed E-state index contributed by atoms with van der Waals surface area (Å²) in [5.74, 6) is 0.543. The number of thiophene rings is 1. The van der Waals surface area contributed by atoms with Crippen LogP contribution in [0.1, 0.15) is 18.2 Å². The zero-order valence-electron chi connectivity index (χ0n) is 10.1. The van der Waals surface area contributed by atoms with Gasteiger partial charge in [-0.3, -0.25) is 4.99 Å². The molecule has 0 saturated carbocycles. The molecule has 1 aromatic rings. The molecule has 1 rings (SSSR count). The van der Waals surface area contributed by atoms with Crippen LogP contribution in [-0.2, 0) is 6.42 Å². The van der Waals surface area contributed by atoms with Gasteiger partial charge in [-0.2, -0.15) is 0 Å². The molecule has 0 aliphatic rings. The summed E-state index contributed by atoms with van der Waals surface area (Å²) < 4.78 is 0. The van der Waals surface area contributed by atoms with Gasteiger partial charge in [0.05, 0.1) is 0 Å². The minimum absolute atomic E-state index is 0. The van der Waals surface area contributed by atoms with Gasteiger partial charge in [0.25, 0.3) is 0 Å². The third kappa shape index (κ3) is 8.20. The first kappa shape index (κ1) is 16.4. The number of rotatable bonds is 6. The summed E-state index contributed by atoms with van der Waals surface area (Å²) in [6.07, 6.45) is 6.06. The number of nitrogens with one attached hydrogen (secondary N) is 1. The Morgan fingerprint density at radius 2 is 2.41 bits per heavy atom. The van der Waals surface area contributed by atoms with Gasteiger partial charge in [0.15, 0.2) is 5.96 Å². The van der Waals surface area contributed by atoms with Gasteiger partial charge in [-0.1, -0.05) is 18.2 Å². The summed E-state index contributed by atoms with van der Waals surface area (Å²) in [4.78, 5) is 5.59. The molecular weight excluding hydrogens is 345 g/mol. The second-order valence-electron chi connectivity index (χ2n) is 3.38. The molecule has 96 valence electrons. The van der Waals surface area contributed by atoms with Gasteiger partial charge in [0, 0.05) is 18.0 Å². The molecule has 0 aliphatic heterocycles. The predicted octanol–water partition coefficient (Wildman–Crippen LogP) is 2.78. The monoisotopic (exact) mass is 365 g/mol. The Balaban J connectivity index is 0.00000256. The van der Waals surface area contributed by atoms with Gasteiger partial charge in [-0.25, -0.2) is 0 Å². The van der Waals surface area contributed by atoms with Crippen LogP contribution < -0.4 is 11.1 Å². The average Bonchev–Trinajstić information content (AvgIpc) is 2.77. The molecule has 0 amide bonds. The predicted molar refractivity (Wildman–Crippen MR) is 87.4 cm³/mol. The van der Waals surface area contributed by atoms with Crippen LogP contribution in [-0.4, -0.2) is 19.0 Å². The largest absolute Gasteiger partial charge is 0.370 e. The number of guanidine groups is 1. The van der Waals surface area contributed by atoms with Crippen molar-refractivity contribution in [3.05, 3.63) is 34.5 Å². The van der Waals surface area contributed by atoms with Crippen LogP contribution in [0.2, 0.25) is 0 Å². The van der Waals surface area contributed by atoms with E-state index in [1.807, 2.05) is 13.0 Å². The maximum Gasteiger partial charge on any atom is 0.188 e. The second-order valence-corrected chi connectivity index (χ2v) is 4.41. The van der Waals surface area contributed by atoms with E-state index >= 15 is 0 Å². The lowest BCUT2D eigenvalue weighted by Gasteiger charge is -2.03. The molecule has 0 spiro atoms. The minimum Gasteiger partial charge on any atom is -0.370 e. The number of nitrogens with two attached hydrogens (primary N) is 1. The van der Waals surface area contributed by atoms with Crippen LogP contribution >= 0.6 is 35.3 Å². The number of hydrogen-bond donors (Lipinski definition) is 2. The molecule has 0 atom stereocenters. The molecule has 0 unspecified atom stereocenters. The fraction of sp³-hybridized carbons (Fsp3) is 0.417. The number of aliphatic imine (C=N–C) groups is 1. The van der Waals surface area contributed by atoms with Crippen LogP contribution in [0.3, 0.4) is 0 Å². The smallest absolute Gasteiger partial charge is 0.188 e. The van der Waals surface area contributed by atoms with Crippen molar-refractivity contribution in [1.29, 1.82) is 0 Å². The Bertz CT molecular complexity index is 334. The highest BCUT2D eigenvalue weighted by Gasteiger charge is 1.94. The van der Waals surface area contributed by atoms with Crippen molar-refractivity contribution in [3.63, 3.8) is 0 Å². The van der Waals surface area contributed by atoms with Crippen molar-refractivity contribution in [1.82, 2.24) is 5.32 Å². The van der Waals surface area contributed by atoms with Crippen molar-refractivity contribution in [3.8, 4) is 0 Å². The Labute approximate surface area is 124 Å². The fourth-order valence-corrected chi connectivity index (χ4v) is 1.96. The van der Waals surface area contributed by atoms with Crippen LogP contribution in [0.15, 0.2) is 34.7 Å². The fourth-order valence-electron chi connectivity index (χ4n) is 1.25. The normalized spacial score (nSPS) is 11.5. The molecule has 1 aromatic heterocycles. The topological polar surface area (TPSA) is 50.4 Å². The van der Waals surface area contributed by atoms with E-state index in [1.54, 1.807) is 11.3 Å². The highest BCUT2D eigenvalue weighted by Crippen LogP contribution is 2.07. The molecule has 3 nitrogen and oxygen atoms in total. The molecule has 0 fully saturated rings. The third-order valence-corrected chi connectivity index (χ3v) is 3.01. The van der Waals surface area contributed by atoms with Gasteiger partial charge in [0.1, 0.15) is 0 Å². The quantitative estimate of drug-likeness (QED) is 0.268. The lowest BCUT2D eigenvalue weighted by atomic mass is 10.3. The molecule has 5 heteroatoms. The van der Waals surface area contributed by atoms with E-state index in [-0.39, 0.29) is 24.0 Å². The number of allylic oxidation sites excluding steroid dienone is 1. The first-order valence-corrected chi connectivity index (χ1v) is 6.38. The van der Waals surface area contributed by atoms with Gasteiger partial charge in [0.2, 0.25) is 0 Å². The molecule has 0 saturated heterocycles. The van der Waals surface area contributed by atoms with Crippen molar-refractivity contribution in [2.75, 3.05) is 13.1 Å². The molecule has 0 aliphatic carbocycles. The third-order valence-electron chi connectivity index (χ3n) is 2.07. The van der Waals surface area contributed by atoms with E-state index in [4.69, 9.17) is 5.73 Å². The number of hydrogen-bond acceptors (Lipinski definition) is 2. The molecular formula is C12H20IN3S. The summed E-state index contributed by atoms with van der Waals surface area (Å²) in [5, 5.41) is 5.20. The standard InChI is InChI=1S/C12H19N3S.HI/c1-2-3-4-8-14-12(13)15-9-7-11-6-5-10-16-11;/h2-3,5-6,10H,4,7-9H2,1H3,(H3,13,14,15);1H. The first-order chi connectivity index (χ1) is 7.83. The minimum atomic E-state index is 0. The Kier molecular flexibility index (Phi) is 10.2. The average molecular weight is 365 g/mol. The number of halogens is 1. The maximum absolute atomic E-state index is 5.71. The summed E-state index contributed by atoms with van der Waals surface area (Å²) >= 11 is 1.77. The van der Waals surface area contributed by atoms with Crippen molar-refractivity contribution in [2.24, 2.45) is 10.7 Å². The molecule has 3 N–H and O–H groups in total. The van der Waals surface area contributed by atoms with E-state index in [0.717, 1.165) is 25.9 Å². The lowest BCUT2D eigenvalue weighted by Crippen LogP contribution is -2.33. The molecule has 0 aromatic carbocycles. The summed E-state index contributed by atoms with van der Waals surface area (Å²) in [5.41, 5.74) is 5.71. The van der Waals surface area contributed by atoms with Crippen LogP contribution in [0.25, 0.3) is 0 Å². The van der Waals surface area contributed by atoms with Gasteiger partial charge < -0.3 is 11.1 Å². The Hall–Kier alpha value is -0.560. The van der Waals surface area contributed by atoms with Crippen molar-refractivity contribution in [2.45, 2.75) is 19.8 Å². The SMILES string of the molecule is CC=CCCN=C(N)NCCc1cccs1.I. The zero-order valence-corrected chi connectivity index (χ0v) is 13.2. The first-order valence-electron chi connectivity index (χ1n) is 5.50. The Morgan fingerprint density at radius 1 is 1.59 bits per heavy atom. The van der Waals surface area contributed by atoms with Gasteiger partial charge in [-0.05, 0) is 31.2 Å². The summed E-state index contributed by atoms with van der Waals surface area (Å²) in [6, 6.07) is 4.19. The van der Waals surface area contributed by atoms with E-state index in [9.17, 15) is 0 Å². The molecule has 0 radical (unpaired) electrons. The second kappa shape index (κ2) is 10.6. The van der Waals surface area contributed by atoms with Crippen LogP contribution in [0, 0.1) is 0 Å². The van der Waals surface area contributed by atoms with E-state index in [2.05, 4.69) is 33.9 Å². The molecule has 1 heterocycles. The summed E-state index contributed by atoms with van der Waals surface area (Å²) in [6.45, 7) is 3.61. The van der Waals surface area contributed by atoms with Crippen LogP contribution in [0.5, 0.6) is 0 Å². The molecule has 17 heavy (non-hydrogen) atoms. The van der Waals surface area contributed by atoms with E-state index in [1.165, 1.54) is 4.88 Å². The lowest BCUT2D eigenvalue weighted by molar-refractivity contribution is 0.855. The summed E-state index contributed by atoms with van der Waals surface area (Å²) in [7, 11) is 0. The number of nitrogens with zero attached hydrogens (tertiary/aromatic N) is 1. The zero-order chi connectivity index (χ0) is 11.6. The molecule has 0 bridgehead atoms. The van der Waals surface area contributed by atoms with Gasteiger partial charge >= 0.3 is 0 Å². The highest BCUT2D eigenvalue weighted by molar-refractivity contribution is 14.0. The van der Waals surface area contributed by atoms with E-state index < -0.39 is 0 Å². The van der Waals surface area contributed by atoms with Gasteiger partial charge in [-0.15, -0.1) is 35.3 Å². The van der Waals surface area contributed by atoms with E-state index in [0.29, 0.717) is 5.96 Å². The van der Waals surface area contributed by atoms with Crippen molar-refractivity contribution < 1.29 is 0 Å². The maximum atomic E-state index is 5.71. The highest BCUT2D eigenvalue weighted by atomic mass is 127. The van der Waals surface area contributed by atoms with Crippen molar-refractivity contribution >= 4 is 41.3 Å². The Morgan fingerprint density at radius 3 is 3.06 bits per heavy atom.